The standard InChI is InChI=1S/C9H15NO3S/c1-8(9-4-3-6-13-9)10-5-7-14(2,11)12/h3-4,6,8,10H,5,7H2,1-2H3/t8-/m1/s1. The highest BCUT2D eigenvalue weighted by Crippen LogP contribution is 2.11. The van der Waals surface area contributed by atoms with E-state index in [9.17, 15) is 8.42 Å². The first kappa shape index (κ1) is 11.3. The van der Waals surface area contributed by atoms with Crippen molar-refractivity contribution in [3.8, 4) is 0 Å². The van der Waals surface area contributed by atoms with E-state index in [0.29, 0.717) is 6.54 Å². The molecule has 80 valence electrons. The molecule has 1 atom stereocenters. The Kier molecular flexibility index (Phi) is 3.71. The molecule has 0 unspecified atom stereocenters. The first-order valence-electron chi connectivity index (χ1n) is 4.43. The zero-order valence-corrected chi connectivity index (χ0v) is 9.17. The highest BCUT2D eigenvalue weighted by atomic mass is 32.2. The lowest BCUT2D eigenvalue weighted by molar-refractivity contribution is 0.437. The maximum absolute atomic E-state index is 10.8. The number of hydrogen-bond donors (Lipinski definition) is 1. The molecule has 14 heavy (non-hydrogen) atoms. The Morgan fingerprint density at radius 1 is 1.57 bits per heavy atom. The van der Waals surface area contributed by atoms with Gasteiger partial charge in [0.15, 0.2) is 0 Å². The lowest BCUT2D eigenvalue weighted by Crippen LogP contribution is -2.24. The minimum atomic E-state index is -2.88. The average molecular weight is 217 g/mol. The molecule has 0 aliphatic rings. The van der Waals surface area contributed by atoms with E-state index in [-0.39, 0.29) is 11.8 Å². The van der Waals surface area contributed by atoms with Gasteiger partial charge in [-0.25, -0.2) is 8.42 Å². The largest absolute Gasteiger partial charge is 0.468 e. The number of hydrogen-bond acceptors (Lipinski definition) is 4. The molecule has 0 amide bonds. The summed E-state index contributed by atoms with van der Waals surface area (Å²) in [6.45, 7) is 2.38. The summed E-state index contributed by atoms with van der Waals surface area (Å²) in [5.41, 5.74) is 0. The zero-order valence-electron chi connectivity index (χ0n) is 8.36. The second-order valence-corrected chi connectivity index (χ2v) is 5.58. The van der Waals surface area contributed by atoms with E-state index in [2.05, 4.69) is 5.32 Å². The molecule has 1 heterocycles. The van der Waals surface area contributed by atoms with Crippen LogP contribution in [0.15, 0.2) is 22.8 Å². The highest BCUT2D eigenvalue weighted by Gasteiger charge is 2.08. The van der Waals surface area contributed by atoms with Crippen molar-refractivity contribution < 1.29 is 12.8 Å². The summed E-state index contributed by atoms with van der Waals surface area (Å²) in [4.78, 5) is 0. The molecule has 0 radical (unpaired) electrons. The summed E-state index contributed by atoms with van der Waals surface area (Å²) in [7, 11) is -2.88. The Morgan fingerprint density at radius 3 is 2.79 bits per heavy atom. The van der Waals surface area contributed by atoms with Crippen molar-refractivity contribution in [3.63, 3.8) is 0 Å². The maximum Gasteiger partial charge on any atom is 0.148 e. The van der Waals surface area contributed by atoms with E-state index < -0.39 is 9.84 Å². The molecule has 5 heteroatoms. The molecule has 0 aromatic carbocycles. The molecule has 0 saturated heterocycles. The zero-order chi connectivity index (χ0) is 10.6. The van der Waals surface area contributed by atoms with E-state index >= 15 is 0 Å². The van der Waals surface area contributed by atoms with E-state index in [1.807, 2.05) is 19.1 Å². The fourth-order valence-electron chi connectivity index (χ4n) is 1.10. The van der Waals surface area contributed by atoms with Gasteiger partial charge in [0.25, 0.3) is 0 Å². The van der Waals surface area contributed by atoms with Crippen LogP contribution in [-0.4, -0.2) is 27.0 Å². The van der Waals surface area contributed by atoms with Crippen molar-refractivity contribution in [2.45, 2.75) is 13.0 Å². The van der Waals surface area contributed by atoms with Gasteiger partial charge in [0, 0.05) is 12.8 Å². The molecule has 0 fully saturated rings. The maximum atomic E-state index is 10.8. The minimum absolute atomic E-state index is 0.0479. The van der Waals surface area contributed by atoms with Gasteiger partial charge >= 0.3 is 0 Å². The summed E-state index contributed by atoms with van der Waals surface area (Å²) in [6.07, 6.45) is 2.83. The van der Waals surface area contributed by atoms with E-state index in [0.717, 1.165) is 5.76 Å². The topological polar surface area (TPSA) is 59.3 Å². The van der Waals surface area contributed by atoms with Crippen LogP contribution in [0, 0.1) is 0 Å². The molecule has 0 aliphatic carbocycles. The van der Waals surface area contributed by atoms with Crippen LogP contribution in [0.1, 0.15) is 18.7 Å². The third-order valence-electron chi connectivity index (χ3n) is 1.89. The van der Waals surface area contributed by atoms with Crippen molar-refractivity contribution in [1.29, 1.82) is 0 Å². The van der Waals surface area contributed by atoms with Gasteiger partial charge in [0.05, 0.1) is 18.1 Å². The van der Waals surface area contributed by atoms with Crippen LogP contribution in [0.2, 0.25) is 0 Å². The van der Waals surface area contributed by atoms with Gasteiger partial charge in [0.1, 0.15) is 15.6 Å². The Morgan fingerprint density at radius 2 is 2.29 bits per heavy atom. The smallest absolute Gasteiger partial charge is 0.148 e. The van der Waals surface area contributed by atoms with Crippen LogP contribution in [0.5, 0.6) is 0 Å². The normalized spacial score (nSPS) is 14.1. The summed E-state index contributed by atoms with van der Waals surface area (Å²) >= 11 is 0. The molecule has 1 rings (SSSR count). The van der Waals surface area contributed by atoms with Crippen LogP contribution in [0.25, 0.3) is 0 Å². The predicted octanol–water partition coefficient (Wildman–Crippen LogP) is 0.975. The summed E-state index contributed by atoms with van der Waals surface area (Å²) in [5.74, 6) is 0.969. The van der Waals surface area contributed by atoms with E-state index in [1.54, 1.807) is 6.26 Å². The minimum Gasteiger partial charge on any atom is -0.468 e. The van der Waals surface area contributed by atoms with Gasteiger partial charge < -0.3 is 9.73 Å². The SMILES string of the molecule is C[C@@H](NCCS(C)(=O)=O)c1ccco1. The van der Waals surface area contributed by atoms with Crippen molar-refractivity contribution in [2.75, 3.05) is 18.6 Å². The molecular formula is C9H15NO3S. The fourth-order valence-corrected chi connectivity index (χ4v) is 1.59. The number of rotatable bonds is 5. The molecule has 4 nitrogen and oxygen atoms in total. The quantitative estimate of drug-likeness (QED) is 0.798. The summed E-state index contributed by atoms with van der Waals surface area (Å²) in [5, 5.41) is 3.07. The molecule has 0 saturated carbocycles. The van der Waals surface area contributed by atoms with Crippen LogP contribution in [0.3, 0.4) is 0 Å². The Hall–Kier alpha value is -0.810. The molecule has 0 spiro atoms. The fraction of sp³-hybridized carbons (Fsp3) is 0.556. The third-order valence-corrected chi connectivity index (χ3v) is 2.84. The second-order valence-electron chi connectivity index (χ2n) is 3.32. The molecule has 1 N–H and O–H groups in total. The van der Waals surface area contributed by atoms with Crippen molar-refractivity contribution >= 4 is 9.84 Å². The molecule has 1 aromatic rings. The molecule has 0 aliphatic heterocycles. The number of nitrogens with one attached hydrogen (secondary N) is 1. The third kappa shape index (κ3) is 3.93. The van der Waals surface area contributed by atoms with Crippen LogP contribution in [-0.2, 0) is 9.84 Å². The second kappa shape index (κ2) is 4.61. The predicted molar refractivity (Wildman–Crippen MR) is 54.8 cm³/mol. The van der Waals surface area contributed by atoms with Gasteiger partial charge in [0.2, 0.25) is 0 Å². The Bertz CT molecular complexity index is 355. The number of sulfone groups is 1. The van der Waals surface area contributed by atoms with Crippen LogP contribution >= 0.6 is 0 Å². The first-order valence-corrected chi connectivity index (χ1v) is 6.49. The van der Waals surface area contributed by atoms with Gasteiger partial charge in [-0.2, -0.15) is 0 Å². The highest BCUT2D eigenvalue weighted by molar-refractivity contribution is 7.90. The lowest BCUT2D eigenvalue weighted by Gasteiger charge is -2.09. The van der Waals surface area contributed by atoms with Crippen LogP contribution in [0.4, 0.5) is 0 Å². The van der Waals surface area contributed by atoms with E-state index in [1.165, 1.54) is 6.26 Å². The number of furan rings is 1. The van der Waals surface area contributed by atoms with Crippen LogP contribution < -0.4 is 5.32 Å². The summed E-state index contributed by atoms with van der Waals surface area (Å²) < 4.78 is 26.8. The molecular weight excluding hydrogens is 202 g/mol. The molecule has 1 aromatic heterocycles. The Balaban J connectivity index is 2.33. The van der Waals surface area contributed by atoms with Gasteiger partial charge in [-0.05, 0) is 19.1 Å². The van der Waals surface area contributed by atoms with Crippen molar-refractivity contribution in [3.05, 3.63) is 24.2 Å². The monoisotopic (exact) mass is 217 g/mol. The van der Waals surface area contributed by atoms with E-state index in [4.69, 9.17) is 4.42 Å². The van der Waals surface area contributed by atoms with Crippen molar-refractivity contribution in [2.24, 2.45) is 0 Å². The summed E-state index contributed by atoms with van der Waals surface area (Å²) in [6, 6.07) is 3.72. The average Bonchev–Trinajstić information content (AvgIpc) is 2.53. The lowest BCUT2D eigenvalue weighted by atomic mass is 10.2. The van der Waals surface area contributed by atoms with Gasteiger partial charge in [-0.15, -0.1) is 0 Å². The van der Waals surface area contributed by atoms with Crippen molar-refractivity contribution in [1.82, 2.24) is 5.32 Å². The Labute approximate surface area is 84.2 Å². The molecule has 0 bridgehead atoms. The first-order chi connectivity index (χ1) is 6.49. The van der Waals surface area contributed by atoms with Gasteiger partial charge in [-0.1, -0.05) is 0 Å². The van der Waals surface area contributed by atoms with Gasteiger partial charge in [-0.3, -0.25) is 0 Å².